The fourth-order valence-electron chi connectivity index (χ4n) is 3.64. The van der Waals surface area contributed by atoms with Crippen LogP contribution in [0, 0.1) is 5.92 Å². The minimum absolute atomic E-state index is 0.132. The van der Waals surface area contributed by atoms with Crippen molar-refractivity contribution in [2.75, 3.05) is 26.7 Å². The maximum atomic E-state index is 13.0. The third-order valence-electron chi connectivity index (χ3n) is 5.25. The van der Waals surface area contributed by atoms with Crippen LogP contribution in [0.1, 0.15) is 23.2 Å². The second-order valence-electron chi connectivity index (χ2n) is 7.28. The molecule has 1 N–H and O–H groups in total. The quantitative estimate of drug-likeness (QED) is 0.666. The number of amides is 2. The number of hydrogen-bond donors (Lipinski definition) is 1. The van der Waals surface area contributed by atoms with Gasteiger partial charge in [0.15, 0.2) is 5.65 Å². The molecule has 0 saturated carbocycles. The van der Waals surface area contributed by atoms with Crippen LogP contribution in [0.15, 0.2) is 36.0 Å². The Morgan fingerprint density at radius 2 is 2.17 bits per heavy atom. The molecule has 1 atom stereocenters. The number of carbonyl (C=O) groups excluding carboxylic acids is 2. The summed E-state index contributed by atoms with van der Waals surface area (Å²) in [6.07, 6.45) is 4.30. The number of carboxylic acid groups (broad SMARTS) is 1. The molecular weight excluding hydrogens is 406 g/mol. The Bertz CT molecular complexity index is 1090. The number of fused-ring (bicyclic) bond motifs is 1. The molecule has 0 aliphatic carbocycles. The van der Waals surface area contributed by atoms with E-state index < -0.39 is 11.9 Å². The largest absolute Gasteiger partial charge is 0.481 e. The van der Waals surface area contributed by atoms with E-state index in [0.29, 0.717) is 30.6 Å². The van der Waals surface area contributed by atoms with Gasteiger partial charge in [-0.1, -0.05) is 6.07 Å². The Morgan fingerprint density at radius 1 is 1.33 bits per heavy atom. The van der Waals surface area contributed by atoms with Gasteiger partial charge in [0.25, 0.3) is 5.91 Å². The summed E-state index contributed by atoms with van der Waals surface area (Å²) in [4.78, 5) is 45.0. The minimum atomic E-state index is -0.893. The highest BCUT2D eigenvalue weighted by atomic mass is 32.1. The van der Waals surface area contributed by atoms with Crippen LogP contribution in [0.2, 0.25) is 0 Å². The Balaban J connectivity index is 1.50. The van der Waals surface area contributed by atoms with Crippen LogP contribution in [-0.2, 0) is 9.59 Å². The van der Waals surface area contributed by atoms with Crippen LogP contribution < -0.4 is 0 Å². The molecule has 0 bridgehead atoms. The van der Waals surface area contributed by atoms with E-state index in [-0.39, 0.29) is 24.9 Å². The predicted molar refractivity (Wildman–Crippen MR) is 110 cm³/mol. The van der Waals surface area contributed by atoms with Crippen LogP contribution in [0.5, 0.6) is 0 Å². The van der Waals surface area contributed by atoms with Crippen LogP contribution in [-0.4, -0.2) is 74.0 Å². The smallest absolute Gasteiger partial charge is 0.308 e. The number of piperidine rings is 1. The SMILES string of the molecule is CN(CC(=O)N1CCC[C@H](C(=O)O)C1)C(=O)c1cnn2c(-c3cccs3)ccnc12. The molecule has 0 unspecified atom stereocenters. The minimum Gasteiger partial charge on any atom is -0.481 e. The summed E-state index contributed by atoms with van der Waals surface area (Å²) in [5.74, 6) is -2.07. The lowest BCUT2D eigenvalue weighted by Gasteiger charge is -2.32. The number of nitrogens with zero attached hydrogens (tertiary/aromatic N) is 5. The van der Waals surface area contributed by atoms with Gasteiger partial charge in [0.1, 0.15) is 5.56 Å². The van der Waals surface area contributed by atoms with Crippen molar-refractivity contribution in [2.24, 2.45) is 5.92 Å². The van der Waals surface area contributed by atoms with Crippen LogP contribution in [0.4, 0.5) is 0 Å². The second-order valence-corrected chi connectivity index (χ2v) is 8.23. The molecule has 1 fully saturated rings. The highest BCUT2D eigenvalue weighted by Crippen LogP contribution is 2.25. The molecule has 2 amide bonds. The van der Waals surface area contributed by atoms with Gasteiger partial charge in [0, 0.05) is 26.3 Å². The zero-order valence-electron chi connectivity index (χ0n) is 16.4. The van der Waals surface area contributed by atoms with Crippen LogP contribution >= 0.6 is 11.3 Å². The highest BCUT2D eigenvalue weighted by molar-refractivity contribution is 7.13. The number of likely N-dealkylation sites (N-methyl/N-ethyl adjacent to an activating group) is 1. The molecule has 0 radical (unpaired) electrons. The van der Waals surface area contributed by atoms with Gasteiger partial charge in [-0.3, -0.25) is 14.4 Å². The van der Waals surface area contributed by atoms with E-state index in [1.807, 2.05) is 23.6 Å². The monoisotopic (exact) mass is 427 g/mol. The Morgan fingerprint density at radius 3 is 2.90 bits per heavy atom. The maximum absolute atomic E-state index is 13.0. The first kappa shape index (κ1) is 20.0. The third kappa shape index (κ3) is 3.78. The van der Waals surface area contributed by atoms with Gasteiger partial charge < -0.3 is 14.9 Å². The summed E-state index contributed by atoms with van der Waals surface area (Å²) in [6, 6.07) is 5.75. The molecule has 0 spiro atoms. The Labute approximate surface area is 176 Å². The van der Waals surface area contributed by atoms with Gasteiger partial charge in [0.2, 0.25) is 5.91 Å². The van der Waals surface area contributed by atoms with Gasteiger partial charge in [-0.15, -0.1) is 11.3 Å². The molecule has 1 saturated heterocycles. The average molecular weight is 427 g/mol. The lowest BCUT2D eigenvalue weighted by atomic mass is 9.98. The van der Waals surface area contributed by atoms with Crippen molar-refractivity contribution in [1.29, 1.82) is 0 Å². The van der Waals surface area contributed by atoms with Crippen molar-refractivity contribution in [3.8, 4) is 10.6 Å². The summed E-state index contributed by atoms with van der Waals surface area (Å²) < 4.78 is 1.62. The zero-order valence-corrected chi connectivity index (χ0v) is 17.2. The number of rotatable bonds is 5. The maximum Gasteiger partial charge on any atom is 0.308 e. The average Bonchev–Trinajstić information content (AvgIpc) is 3.43. The third-order valence-corrected chi connectivity index (χ3v) is 6.14. The van der Waals surface area contributed by atoms with Crippen LogP contribution in [0.25, 0.3) is 16.2 Å². The molecule has 9 nitrogen and oxygen atoms in total. The molecule has 4 rings (SSSR count). The van der Waals surface area contributed by atoms with E-state index in [1.165, 1.54) is 16.0 Å². The van der Waals surface area contributed by atoms with E-state index in [2.05, 4.69) is 10.1 Å². The standard InChI is InChI=1S/C20H21N5O4S/c1-23(12-17(26)24-8-2-4-13(11-24)20(28)29)19(27)14-10-22-25-15(6-7-21-18(14)25)16-5-3-9-30-16/h3,5-7,9-10,13H,2,4,8,11-12H2,1H3,(H,28,29)/t13-/m0/s1. The fraction of sp³-hybridized carbons (Fsp3) is 0.350. The number of thiophene rings is 1. The number of aromatic nitrogens is 3. The van der Waals surface area contributed by atoms with E-state index in [9.17, 15) is 19.5 Å². The molecule has 3 aromatic heterocycles. The Kier molecular flexibility index (Phi) is 5.49. The van der Waals surface area contributed by atoms with E-state index in [0.717, 1.165) is 10.6 Å². The molecule has 156 valence electrons. The molecule has 1 aliphatic rings. The summed E-state index contributed by atoms with van der Waals surface area (Å²) in [5.41, 5.74) is 1.57. The van der Waals surface area contributed by atoms with E-state index >= 15 is 0 Å². The van der Waals surface area contributed by atoms with Crippen molar-refractivity contribution in [2.45, 2.75) is 12.8 Å². The van der Waals surface area contributed by atoms with Gasteiger partial charge >= 0.3 is 5.97 Å². The van der Waals surface area contributed by atoms with E-state index in [1.54, 1.807) is 29.1 Å². The number of carbonyl (C=O) groups is 3. The van der Waals surface area contributed by atoms with E-state index in [4.69, 9.17) is 0 Å². The summed E-state index contributed by atoms with van der Waals surface area (Å²) in [7, 11) is 1.55. The molecule has 0 aromatic carbocycles. The highest BCUT2D eigenvalue weighted by Gasteiger charge is 2.29. The zero-order chi connectivity index (χ0) is 21.3. The fourth-order valence-corrected chi connectivity index (χ4v) is 4.37. The number of carboxylic acids is 1. The number of likely N-dealkylation sites (tertiary alicyclic amines) is 1. The normalized spacial score (nSPS) is 16.6. The van der Waals surface area contributed by atoms with Crippen molar-refractivity contribution in [3.05, 3.63) is 41.5 Å². The molecular formula is C20H21N5O4S. The number of hydrogen-bond acceptors (Lipinski definition) is 6. The Hall–Kier alpha value is -3.27. The summed E-state index contributed by atoms with van der Waals surface area (Å²) in [5, 5.41) is 15.5. The first-order valence-electron chi connectivity index (χ1n) is 9.58. The lowest BCUT2D eigenvalue weighted by molar-refractivity contribution is -0.145. The van der Waals surface area contributed by atoms with Crippen molar-refractivity contribution in [1.82, 2.24) is 24.4 Å². The number of aliphatic carboxylic acids is 1. The first-order valence-corrected chi connectivity index (χ1v) is 10.5. The summed E-state index contributed by atoms with van der Waals surface area (Å²) in [6.45, 7) is 0.554. The topological polar surface area (TPSA) is 108 Å². The molecule has 3 aromatic rings. The summed E-state index contributed by atoms with van der Waals surface area (Å²) >= 11 is 1.57. The van der Waals surface area contributed by atoms with Crippen LogP contribution in [0.3, 0.4) is 0 Å². The molecule has 10 heteroatoms. The first-order chi connectivity index (χ1) is 14.5. The molecule has 4 heterocycles. The van der Waals surface area contributed by atoms with Gasteiger partial charge in [-0.05, 0) is 30.4 Å². The molecule has 30 heavy (non-hydrogen) atoms. The molecule has 1 aliphatic heterocycles. The second kappa shape index (κ2) is 8.23. The van der Waals surface area contributed by atoms with Crippen molar-refractivity contribution in [3.63, 3.8) is 0 Å². The van der Waals surface area contributed by atoms with Crippen molar-refractivity contribution < 1.29 is 19.5 Å². The van der Waals surface area contributed by atoms with Crippen molar-refractivity contribution >= 4 is 34.8 Å². The lowest BCUT2D eigenvalue weighted by Crippen LogP contribution is -2.46. The van der Waals surface area contributed by atoms with Gasteiger partial charge in [-0.25, -0.2) is 9.50 Å². The van der Waals surface area contributed by atoms with Gasteiger partial charge in [-0.2, -0.15) is 5.10 Å². The predicted octanol–water partition coefficient (Wildman–Crippen LogP) is 1.85. The van der Waals surface area contributed by atoms with Gasteiger partial charge in [0.05, 0.1) is 29.2 Å².